The zero-order chi connectivity index (χ0) is 34.6. The SMILES string of the molecule is CCC(C(=O)O)c1ccccc1OCCc1c2c3c(c(OCc4ccc(-c5ccccc5)cn4)ccc3n1Cc1ccc(Cl)cc1)CC(C)S2. The molecule has 3 heterocycles. The lowest BCUT2D eigenvalue weighted by Crippen LogP contribution is -2.14. The lowest BCUT2D eigenvalue weighted by Gasteiger charge is -2.22. The number of hydrogen-bond acceptors (Lipinski definition) is 5. The van der Waals surface area contributed by atoms with Crippen LogP contribution in [-0.2, 0) is 30.8 Å². The van der Waals surface area contributed by atoms with E-state index in [1.807, 2.05) is 85.5 Å². The predicted molar refractivity (Wildman–Crippen MR) is 202 cm³/mol. The number of aliphatic carboxylic acids is 1. The van der Waals surface area contributed by atoms with Crippen molar-refractivity contribution in [3.63, 3.8) is 0 Å². The summed E-state index contributed by atoms with van der Waals surface area (Å²) in [4.78, 5) is 18.0. The van der Waals surface area contributed by atoms with Crippen LogP contribution in [0, 0.1) is 0 Å². The molecule has 0 fully saturated rings. The van der Waals surface area contributed by atoms with Gasteiger partial charge in [-0.05, 0) is 60.4 Å². The third kappa shape index (κ3) is 7.11. The normalized spacial score (nSPS) is 14.4. The molecule has 8 heteroatoms. The summed E-state index contributed by atoms with van der Waals surface area (Å²) >= 11 is 8.16. The van der Waals surface area contributed by atoms with Crippen LogP contribution in [0.5, 0.6) is 11.5 Å². The van der Waals surface area contributed by atoms with Crippen LogP contribution in [0.15, 0.2) is 114 Å². The molecule has 0 bridgehead atoms. The lowest BCUT2D eigenvalue weighted by molar-refractivity contribution is -0.138. The van der Waals surface area contributed by atoms with Crippen LogP contribution >= 0.6 is 23.4 Å². The lowest BCUT2D eigenvalue weighted by atomic mass is 9.96. The van der Waals surface area contributed by atoms with Gasteiger partial charge in [0.2, 0.25) is 0 Å². The molecule has 50 heavy (non-hydrogen) atoms. The van der Waals surface area contributed by atoms with Gasteiger partial charge in [0.1, 0.15) is 18.1 Å². The molecule has 0 aliphatic carbocycles. The van der Waals surface area contributed by atoms with Crippen molar-refractivity contribution in [2.45, 2.75) is 62.3 Å². The first kappa shape index (κ1) is 33.8. The van der Waals surface area contributed by atoms with Gasteiger partial charge in [-0.1, -0.05) is 92.2 Å². The Kier molecular flexibility index (Phi) is 10.2. The van der Waals surface area contributed by atoms with Crippen molar-refractivity contribution in [1.82, 2.24) is 9.55 Å². The molecule has 2 atom stereocenters. The Labute approximate surface area is 302 Å². The van der Waals surface area contributed by atoms with E-state index < -0.39 is 11.9 Å². The van der Waals surface area contributed by atoms with Gasteiger partial charge in [0.05, 0.1) is 23.7 Å². The van der Waals surface area contributed by atoms with Crippen molar-refractivity contribution in [3.05, 3.63) is 142 Å². The average molecular weight is 703 g/mol. The average Bonchev–Trinajstić information content (AvgIpc) is 3.42. The Morgan fingerprint density at radius 2 is 1.72 bits per heavy atom. The van der Waals surface area contributed by atoms with Crippen molar-refractivity contribution in [3.8, 4) is 22.6 Å². The molecule has 254 valence electrons. The number of para-hydroxylation sites is 1. The largest absolute Gasteiger partial charge is 0.493 e. The highest BCUT2D eigenvalue weighted by atomic mass is 35.5. The molecule has 1 aliphatic heterocycles. The Hall–Kier alpha value is -4.72. The second-order valence-electron chi connectivity index (χ2n) is 12.7. The molecule has 0 radical (unpaired) electrons. The number of nitrogens with zero attached hydrogens (tertiary/aromatic N) is 2. The van der Waals surface area contributed by atoms with Crippen LogP contribution in [0.3, 0.4) is 0 Å². The molecule has 2 unspecified atom stereocenters. The zero-order valence-corrected chi connectivity index (χ0v) is 29.7. The van der Waals surface area contributed by atoms with Gasteiger partial charge in [0.25, 0.3) is 0 Å². The predicted octanol–water partition coefficient (Wildman–Crippen LogP) is 10.2. The van der Waals surface area contributed by atoms with Gasteiger partial charge in [-0.3, -0.25) is 9.78 Å². The second-order valence-corrected chi connectivity index (χ2v) is 14.6. The number of aromatic nitrogens is 2. The fraction of sp³-hybridized carbons (Fsp3) is 0.238. The van der Waals surface area contributed by atoms with Crippen LogP contribution in [0.1, 0.15) is 54.3 Å². The monoisotopic (exact) mass is 702 g/mol. The summed E-state index contributed by atoms with van der Waals surface area (Å²) in [6, 6.07) is 34.2. The van der Waals surface area contributed by atoms with E-state index in [0.29, 0.717) is 54.2 Å². The minimum atomic E-state index is -0.841. The topological polar surface area (TPSA) is 73.6 Å². The van der Waals surface area contributed by atoms with Gasteiger partial charge in [-0.15, -0.1) is 11.8 Å². The summed E-state index contributed by atoms with van der Waals surface area (Å²) in [5, 5.41) is 12.1. The number of hydrogen-bond donors (Lipinski definition) is 1. The summed E-state index contributed by atoms with van der Waals surface area (Å²) in [5.74, 6) is 0.0585. The number of carboxylic acid groups (broad SMARTS) is 1. The molecule has 1 aliphatic rings. The van der Waals surface area contributed by atoms with Crippen molar-refractivity contribution < 1.29 is 19.4 Å². The summed E-state index contributed by atoms with van der Waals surface area (Å²) in [6.07, 6.45) is 3.95. The highest BCUT2D eigenvalue weighted by molar-refractivity contribution is 8.00. The zero-order valence-electron chi connectivity index (χ0n) is 28.1. The molecular formula is C42H39ClN2O4S. The standard InChI is InChI=1S/C42H39ClN2O4S/c1-3-33(42(46)47)34-11-7-8-12-38(34)48-22-21-37-41-40-35(23-27(2)50-41)39(20-19-36(40)45(37)25-28-13-16-31(43)17-14-28)49-26-32-18-15-30(24-44-32)29-9-5-4-6-10-29/h4-20,24,27,33H,3,21-23,25-26H2,1-2H3,(H,46,47). The van der Waals surface area contributed by atoms with E-state index in [-0.39, 0.29) is 0 Å². The Morgan fingerprint density at radius 3 is 2.46 bits per heavy atom. The highest BCUT2D eigenvalue weighted by Gasteiger charge is 2.29. The first-order valence-electron chi connectivity index (χ1n) is 17.0. The van der Waals surface area contributed by atoms with E-state index >= 15 is 0 Å². The fourth-order valence-electron chi connectivity index (χ4n) is 6.85. The molecule has 0 saturated heterocycles. The Balaban J connectivity index is 1.20. The van der Waals surface area contributed by atoms with E-state index in [0.717, 1.165) is 40.1 Å². The van der Waals surface area contributed by atoms with Gasteiger partial charge < -0.3 is 19.1 Å². The number of carbonyl (C=O) groups is 1. The first-order chi connectivity index (χ1) is 24.4. The molecule has 2 aromatic heterocycles. The quantitative estimate of drug-likeness (QED) is 0.129. The maximum atomic E-state index is 12.0. The van der Waals surface area contributed by atoms with Crippen LogP contribution in [0.2, 0.25) is 5.02 Å². The van der Waals surface area contributed by atoms with Crippen molar-refractivity contribution >= 4 is 40.2 Å². The van der Waals surface area contributed by atoms with Gasteiger partial charge >= 0.3 is 5.97 Å². The number of carboxylic acids is 1. The molecule has 0 saturated carbocycles. The smallest absolute Gasteiger partial charge is 0.311 e. The molecule has 7 rings (SSSR count). The second kappa shape index (κ2) is 15.0. The summed E-state index contributed by atoms with van der Waals surface area (Å²) in [7, 11) is 0. The number of thioether (sulfide) groups is 1. The van der Waals surface area contributed by atoms with E-state index in [1.165, 1.54) is 21.5 Å². The minimum absolute atomic E-state index is 0.353. The van der Waals surface area contributed by atoms with Crippen molar-refractivity contribution in [2.24, 2.45) is 0 Å². The van der Waals surface area contributed by atoms with E-state index in [9.17, 15) is 9.90 Å². The summed E-state index contributed by atoms with van der Waals surface area (Å²) < 4.78 is 15.3. The minimum Gasteiger partial charge on any atom is -0.493 e. The summed E-state index contributed by atoms with van der Waals surface area (Å²) in [6.45, 7) is 5.63. The number of pyridine rings is 1. The van der Waals surface area contributed by atoms with Crippen LogP contribution in [0.4, 0.5) is 0 Å². The Bertz CT molecular complexity index is 2110. The van der Waals surface area contributed by atoms with Gasteiger partial charge in [-0.25, -0.2) is 0 Å². The molecule has 0 amide bonds. The maximum Gasteiger partial charge on any atom is 0.311 e. The number of rotatable bonds is 13. The third-order valence-corrected chi connectivity index (χ3v) is 10.8. The van der Waals surface area contributed by atoms with Crippen LogP contribution < -0.4 is 9.47 Å². The van der Waals surface area contributed by atoms with Gasteiger partial charge in [-0.2, -0.15) is 0 Å². The number of halogens is 1. The van der Waals surface area contributed by atoms with Crippen LogP contribution in [-0.4, -0.2) is 32.5 Å². The van der Waals surface area contributed by atoms with Crippen LogP contribution in [0.25, 0.3) is 22.0 Å². The fourth-order valence-corrected chi connectivity index (χ4v) is 8.32. The first-order valence-corrected chi connectivity index (χ1v) is 18.3. The van der Waals surface area contributed by atoms with E-state index in [2.05, 4.69) is 54.0 Å². The third-order valence-electron chi connectivity index (χ3n) is 9.32. The molecular weight excluding hydrogens is 664 g/mol. The van der Waals surface area contributed by atoms with E-state index in [4.69, 9.17) is 26.1 Å². The van der Waals surface area contributed by atoms with Gasteiger partial charge in [0.15, 0.2) is 0 Å². The highest BCUT2D eigenvalue weighted by Crippen LogP contribution is 2.47. The Morgan fingerprint density at radius 1 is 0.940 bits per heavy atom. The van der Waals surface area contributed by atoms with Crippen molar-refractivity contribution in [2.75, 3.05) is 6.61 Å². The molecule has 4 aromatic carbocycles. The molecule has 6 nitrogen and oxygen atoms in total. The van der Waals surface area contributed by atoms with Gasteiger partial charge in [0, 0.05) is 62.1 Å². The van der Waals surface area contributed by atoms with Crippen molar-refractivity contribution in [1.29, 1.82) is 0 Å². The number of ether oxygens (including phenoxy) is 2. The molecule has 0 spiro atoms. The molecule has 1 N–H and O–H groups in total. The van der Waals surface area contributed by atoms with E-state index in [1.54, 1.807) is 0 Å². The maximum absolute atomic E-state index is 12.0. The number of benzene rings is 4. The summed E-state index contributed by atoms with van der Waals surface area (Å²) in [5.41, 5.74) is 8.54. The molecule has 6 aromatic rings.